The molecule has 3 heteroatoms. The minimum Gasteiger partial charge on any atom is -0.396 e. The van der Waals surface area contributed by atoms with Gasteiger partial charge in [-0.15, -0.1) is 0 Å². The molecule has 0 saturated heterocycles. The first kappa shape index (κ1) is 12.1. The molecule has 2 rings (SSSR count). The SMILES string of the molecule is O=C1CCCc2ccccc2N1CCCCO. The average Bonchev–Trinajstić information content (AvgIpc) is 2.50. The van der Waals surface area contributed by atoms with Crippen LogP contribution in [0, 0.1) is 0 Å². The Bertz CT molecular complexity index is 390. The van der Waals surface area contributed by atoms with Crippen LogP contribution in [0.25, 0.3) is 0 Å². The van der Waals surface area contributed by atoms with Crippen molar-refractivity contribution in [3.8, 4) is 0 Å². The van der Waals surface area contributed by atoms with Gasteiger partial charge in [-0.25, -0.2) is 0 Å². The number of anilines is 1. The number of carbonyl (C=O) groups excluding carboxylic acids is 1. The molecule has 1 aliphatic heterocycles. The van der Waals surface area contributed by atoms with E-state index in [0.717, 1.165) is 37.9 Å². The van der Waals surface area contributed by atoms with E-state index < -0.39 is 0 Å². The average molecular weight is 233 g/mol. The van der Waals surface area contributed by atoms with Crippen LogP contribution in [0.4, 0.5) is 5.69 Å². The van der Waals surface area contributed by atoms with Gasteiger partial charge in [0.1, 0.15) is 0 Å². The molecule has 0 saturated carbocycles. The standard InChI is InChI=1S/C14H19NO2/c16-11-4-3-10-15-13-8-2-1-6-12(13)7-5-9-14(15)17/h1-2,6,8,16H,3-5,7,9-11H2. The Kier molecular flexibility index (Phi) is 4.15. The first-order chi connectivity index (χ1) is 8.33. The number of carbonyl (C=O) groups is 1. The number of para-hydroxylation sites is 1. The molecule has 0 spiro atoms. The molecule has 0 bridgehead atoms. The number of unbranched alkanes of at least 4 members (excludes halogenated alkanes) is 1. The van der Waals surface area contributed by atoms with Gasteiger partial charge in [0, 0.05) is 25.3 Å². The van der Waals surface area contributed by atoms with Crippen LogP contribution in [0.5, 0.6) is 0 Å². The Labute approximate surface area is 102 Å². The molecule has 0 atom stereocenters. The fourth-order valence-electron chi connectivity index (χ4n) is 2.31. The lowest BCUT2D eigenvalue weighted by molar-refractivity contribution is -0.118. The summed E-state index contributed by atoms with van der Waals surface area (Å²) in [6, 6.07) is 8.14. The lowest BCUT2D eigenvalue weighted by Gasteiger charge is -2.22. The minimum absolute atomic E-state index is 0.198. The number of hydrogen-bond donors (Lipinski definition) is 1. The number of aryl methyl sites for hydroxylation is 1. The predicted octanol–water partition coefficient (Wildman–Crippen LogP) is 2.13. The van der Waals surface area contributed by atoms with Crippen molar-refractivity contribution in [1.82, 2.24) is 0 Å². The number of aliphatic hydroxyl groups excluding tert-OH is 1. The topological polar surface area (TPSA) is 40.5 Å². The monoisotopic (exact) mass is 233 g/mol. The van der Waals surface area contributed by atoms with E-state index in [0.29, 0.717) is 6.42 Å². The lowest BCUT2D eigenvalue weighted by atomic mass is 10.1. The zero-order chi connectivity index (χ0) is 12.1. The largest absolute Gasteiger partial charge is 0.396 e. The van der Waals surface area contributed by atoms with Crippen LogP contribution in [-0.4, -0.2) is 24.2 Å². The van der Waals surface area contributed by atoms with Gasteiger partial charge in [-0.05, 0) is 37.3 Å². The van der Waals surface area contributed by atoms with Gasteiger partial charge in [0.25, 0.3) is 0 Å². The summed E-state index contributed by atoms with van der Waals surface area (Å²) in [5.41, 5.74) is 2.33. The Morgan fingerprint density at radius 1 is 1.18 bits per heavy atom. The maximum atomic E-state index is 12.0. The van der Waals surface area contributed by atoms with E-state index in [4.69, 9.17) is 5.11 Å². The number of rotatable bonds is 4. The van der Waals surface area contributed by atoms with E-state index in [9.17, 15) is 4.79 Å². The normalized spacial score (nSPS) is 15.6. The van der Waals surface area contributed by atoms with Crippen molar-refractivity contribution < 1.29 is 9.90 Å². The van der Waals surface area contributed by atoms with Gasteiger partial charge in [0.2, 0.25) is 5.91 Å². The Morgan fingerprint density at radius 3 is 2.82 bits per heavy atom. The molecule has 3 nitrogen and oxygen atoms in total. The molecular formula is C14H19NO2. The number of benzene rings is 1. The number of fused-ring (bicyclic) bond motifs is 1. The number of amides is 1. The van der Waals surface area contributed by atoms with Crippen molar-refractivity contribution in [2.45, 2.75) is 32.1 Å². The van der Waals surface area contributed by atoms with Crippen molar-refractivity contribution in [3.05, 3.63) is 29.8 Å². The predicted molar refractivity (Wildman–Crippen MR) is 68.1 cm³/mol. The van der Waals surface area contributed by atoms with Crippen LogP contribution in [0.1, 0.15) is 31.2 Å². The maximum absolute atomic E-state index is 12.0. The van der Waals surface area contributed by atoms with Gasteiger partial charge in [0.05, 0.1) is 0 Å². The van der Waals surface area contributed by atoms with E-state index in [-0.39, 0.29) is 12.5 Å². The van der Waals surface area contributed by atoms with E-state index in [1.807, 2.05) is 23.1 Å². The van der Waals surface area contributed by atoms with E-state index in [2.05, 4.69) is 6.07 Å². The van der Waals surface area contributed by atoms with Gasteiger partial charge in [-0.1, -0.05) is 18.2 Å². The number of hydrogen-bond acceptors (Lipinski definition) is 2. The highest BCUT2D eigenvalue weighted by Crippen LogP contribution is 2.26. The highest BCUT2D eigenvalue weighted by Gasteiger charge is 2.20. The summed E-state index contributed by atoms with van der Waals surface area (Å²) < 4.78 is 0. The van der Waals surface area contributed by atoms with Crippen molar-refractivity contribution in [3.63, 3.8) is 0 Å². The molecule has 17 heavy (non-hydrogen) atoms. The first-order valence-corrected chi connectivity index (χ1v) is 6.32. The number of aliphatic hydroxyl groups is 1. The van der Waals surface area contributed by atoms with Crippen LogP contribution in [0.2, 0.25) is 0 Å². The molecule has 0 unspecified atom stereocenters. The molecule has 1 aliphatic rings. The summed E-state index contributed by atoms with van der Waals surface area (Å²) in [7, 11) is 0. The Balaban J connectivity index is 2.18. The molecule has 1 amide bonds. The zero-order valence-corrected chi connectivity index (χ0v) is 10.1. The third-order valence-electron chi connectivity index (χ3n) is 3.21. The Hall–Kier alpha value is -1.35. The Morgan fingerprint density at radius 2 is 2.00 bits per heavy atom. The van der Waals surface area contributed by atoms with Crippen molar-refractivity contribution in [2.75, 3.05) is 18.1 Å². The zero-order valence-electron chi connectivity index (χ0n) is 10.1. The van der Waals surface area contributed by atoms with Gasteiger partial charge >= 0.3 is 0 Å². The van der Waals surface area contributed by atoms with Gasteiger partial charge in [-0.2, -0.15) is 0 Å². The smallest absolute Gasteiger partial charge is 0.226 e. The van der Waals surface area contributed by atoms with Gasteiger partial charge < -0.3 is 10.0 Å². The van der Waals surface area contributed by atoms with Crippen LogP contribution in [0.3, 0.4) is 0 Å². The fourth-order valence-corrected chi connectivity index (χ4v) is 2.31. The highest BCUT2D eigenvalue weighted by atomic mass is 16.3. The second kappa shape index (κ2) is 5.82. The summed E-state index contributed by atoms with van der Waals surface area (Å²) in [4.78, 5) is 13.9. The van der Waals surface area contributed by atoms with Crippen LogP contribution >= 0.6 is 0 Å². The summed E-state index contributed by atoms with van der Waals surface area (Å²) >= 11 is 0. The van der Waals surface area contributed by atoms with E-state index in [1.165, 1.54) is 5.56 Å². The molecule has 0 aromatic heterocycles. The van der Waals surface area contributed by atoms with Crippen molar-refractivity contribution in [1.29, 1.82) is 0 Å². The van der Waals surface area contributed by atoms with Crippen molar-refractivity contribution >= 4 is 11.6 Å². The molecular weight excluding hydrogens is 214 g/mol. The van der Waals surface area contributed by atoms with Crippen LogP contribution in [-0.2, 0) is 11.2 Å². The fraction of sp³-hybridized carbons (Fsp3) is 0.500. The number of nitrogens with zero attached hydrogens (tertiary/aromatic N) is 1. The maximum Gasteiger partial charge on any atom is 0.226 e. The molecule has 1 heterocycles. The molecule has 1 aromatic carbocycles. The van der Waals surface area contributed by atoms with E-state index >= 15 is 0 Å². The highest BCUT2D eigenvalue weighted by molar-refractivity contribution is 5.94. The quantitative estimate of drug-likeness (QED) is 0.809. The first-order valence-electron chi connectivity index (χ1n) is 6.32. The van der Waals surface area contributed by atoms with Crippen molar-refractivity contribution in [2.24, 2.45) is 0 Å². The molecule has 0 aliphatic carbocycles. The molecule has 0 fully saturated rings. The van der Waals surface area contributed by atoms with Crippen LogP contribution < -0.4 is 4.90 Å². The van der Waals surface area contributed by atoms with Gasteiger partial charge in [0.15, 0.2) is 0 Å². The summed E-state index contributed by atoms with van der Waals surface area (Å²) in [5.74, 6) is 0.216. The molecule has 1 aromatic rings. The molecule has 92 valence electrons. The van der Waals surface area contributed by atoms with E-state index in [1.54, 1.807) is 0 Å². The van der Waals surface area contributed by atoms with Gasteiger partial charge in [-0.3, -0.25) is 4.79 Å². The summed E-state index contributed by atoms with van der Waals surface area (Å²) in [6.45, 7) is 0.917. The second-order valence-electron chi connectivity index (χ2n) is 4.46. The third kappa shape index (κ3) is 2.86. The third-order valence-corrected chi connectivity index (χ3v) is 3.21. The molecule has 0 radical (unpaired) electrons. The second-order valence-corrected chi connectivity index (χ2v) is 4.46. The lowest BCUT2D eigenvalue weighted by Crippen LogP contribution is -2.31. The summed E-state index contributed by atoms with van der Waals surface area (Å²) in [6.07, 6.45) is 4.17. The van der Waals surface area contributed by atoms with Crippen LogP contribution in [0.15, 0.2) is 24.3 Å². The minimum atomic E-state index is 0.198. The molecule has 1 N–H and O–H groups in total. The summed E-state index contributed by atoms with van der Waals surface area (Å²) in [5, 5.41) is 8.81.